The maximum atomic E-state index is 12.4. The number of amides is 1. The van der Waals surface area contributed by atoms with Crippen LogP contribution >= 0.6 is 0 Å². The average Bonchev–Trinajstić information content (AvgIpc) is 2.38. The molecule has 3 nitrogen and oxygen atoms in total. The Labute approximate surface area is 112 Å². The molecule has 2 aliphatic heterocycles. The predicted molar refractivity (Wildman–Crippen MR) is 74.5 cm³/mol. The lowest BCUT2D eigenvalue weighted by Gasteiger charge is -2.38. The molecule has 0 aromatic carbocycles. The number of carbonyl (C=O) groups excluding carboxylic acids is 1. The van der Waals surface area contributed by atoms with Gasteiger partial charge >= 0.3 is 0 Å². The molecule has 2 atom stereocenters. The first-order valence-electron chi connectivity index (χ1n) is 7.72. The van der Waals surface area contributed by atoms with E-state index >= 15 is 0 Å². The van der Waals surface area contributed by atoms with Crippen LogP contribution in [0.25, 0.3) is 0 Å². The van der Waals surface area contributed by atoms with Gasteiger partial charge in [0.2, 0.25) is 5.91 Å². The molecule has 1 amide bonds. The second-order valence-electron chi connectivity index (χ2n) is 6.13. The SMILES string of the molecule is CCC1CCCCN1C(=O)CN1CCCC(C)C1. The summed E-state index contributed by atoms with van der Waals surface area (Å²) in [5, 5.41) is 0. The summed E-state index contributed by atoms with van der Waals surface area (Å²) in [4.78, 5) is 16.9. The second-order valence-corrected chi connectivity index (χ2v) is 6.13. The van der Waals surface area contributed by atoms with Crippen molar-refractivity contribution in [1.82, 2.24) is 9.80 Å². The fourth-order valence-electron chi connectivity index (χ4n) is 3.47. The van der Waals surface area contributed by atoms with E-state index in [9.17, 15) is 4.79 Å². The number of hydrogen-bond acceptors (Lipinski definition) is 2. The Morgan fingerprint density at radius 1 is 1.17 bits per heavy atom. The molecule has 104 valence electrons. The van der Waals surface area contributed by atoms with E-state index in [-0.39, 0.29) is 0 Å². The number of carbonyl (C=O) groups is 1. The van der Waals surface area contributed by atoms with E-state index < -0.39 is 0 Å². The number of hydrogen-bond donors (Lipinski definition) is 0. The van der Waals surface area contributed by atoms with Crippen molar-refractivity contribution in [1.29, 1.82) is 0 Å². The lowest BCUT2D eigenvalue weighted by atomic mass is 9.99. The number of nitrogens with zero attached hydrogens (tertiary/aromatic N) is 2. The van der Waals surface area contributed by atoms with Gasteiger partial charge in [-0.2, -0.15) is 0 Å². The quantitative estimate of drug-likeness (QED) is 0.770. The highest BCUT2D eigenvalue weighted by Gasteiger charge is 2.27. The van der Waals surface area contributed by atoms with E-state index in [1.54, 1.807) is 0 Å². The van der Waals surface area contributed by atoms with Gasteiger partial charge in [-0.05, 0) is 51.0 Å². The lowest BCUT2D eigenvalue weighted by Crippen LogP contribution is -2.49. The molecule has 18 heavy (non-hydrogen) atoms. The molecule has 0 aromatic rings. The molecular weight excluding hydrogens is 224 g/mol. The molecule has 0 saturated carbocycles. The van der Waals surface area contributed by atoms with Crippen LogP contribution in [-0.2, 0) is 4.79 Å². The second kappa shape index (κ2) is 6.55. The summed E-state index contributed by atoms with van der Waals surface area (Å²) in [5.74, 6) is 1.13. The van der Waals surface area contributed by atoms with E-state index in [0.29, 0.717) is 18.5 Å². The molecule has 2 saturated heterocycles. The molecular formula is C15H28N2O. The van der Waals surface area contributed by atoms with Crippen LogP contribution in [0.4, 0.5) is 0 Å². The number of piperidine rings is 2. The van der Waals surface area contributed by atoms with Gasteiger partial charge in [-0.1, -0.05) is 13.8 Å². The van der Waals surface area contributed by atoms with Gasteiger partial charge < -0.3 is 4.90 Å². The summed E-state index contributed by atoms with van der Waals surface area (Å²) in [7, 11) is 0. The fourth-order valence-corrected chi connectivity index (χ4v) is 3.47. The van der Waals surface area contributed by atoms with Crippen LogP contribution in [0.15, 0.2) is 0 Å². The van der Waals surface area contributed by atoms with Crippen LogP contribution in [0, 0.1) is 5.92 Å². The fraction of sp³-hybridized carbons (Fsp3) is 0.933. The van der Waals surface area contributed by atoms with Crippen LogP contribution < -0.4 is 0 Å². The van der Waals surface area contributed by atoms with Gasteiger partial charge in [-0.25, -0.2) is 0 Å². The highest BCUT2D eigenvalue weighted by Crippen LogP contribution is 2.21. The Hall–Kier alpha value is -0.570. The normalized spacial score (nSPS) is 30.4. The van der Waals surface area contributed by atoms with Gasteiger partial charge in [0.25, 0.3) is 0 Å². The van der Waals surface area contributed by atoms with Gasteiger partial charge in [-0.3, -0.25) is 9.69 Å². The largest absolute Gasteiger partial charge is 0.339 e. The smallest absolute Gasteiger partial charge is 0.236 e. The predicted octanol–water partition coefficient (Wildman–Crippen LogP) is 2.51. The van der Waals surface area contributed by atoms with Gasteiger partial charge in [0, 0.05) is 19.1 Å². The van der Waals surface area contributed by atoms with Crippen LogP contribution in [-0.4, -0.2) is 47.9 Å². The van der Waals surface area contributed by atoms with E-state index in [2.05, 4.69) is 23.6 Å². The van der Waals surface area contributed by atoms with Gasteiger partial charge in [0.05, 0.1) is 6.54 Å². The molecule has 3 heteroatoms. The van der Waals surface area contributed by atoms with E-state index in [1.165, 1.54) is 32.1 Å². The first-order chi connectivity index (χ1) is 8.70. The summed E-state index contributed by atoms with van der Waals surface area (Å²) in [6.07, 6.45) is 7.39. The maximum Gasteiger partial charge on any atom is 0.236 e. The summed E-state index contributed by atoms with van der Waals surface area (Å²) in [5.41, 5.74) is 0. The highest BCUT2D eigenvalue weighted by molar-refractivity contribution is 5.78. The van der Waals surface area contributed by atoms with E-state index in [0.717, 1.165) is 32.0 Å². The third-order valence-corrected chi connectivity index (χ3v) is 4.52. The Morgan fingerprint density at radius 3 is 2.72 bits per heavy atom. The first kappa shape index (κ1) is 13.9. The third-order valence-electron chi connectivity index (χ3n) is 4.52. The first-order valence-corrected chi connectivity index (χ1v) is 7.72. The minimum Gasteiger partial charge on any atom is -0.339 e. The zero-order valence-electron chi connectivity index (χ0n) is 12.0. The summed E-state index contributed by atoms with van der Waals surface area (Å²) in [6, 6.07) is 0.508. The van der Waals surface area contributed by atoms with Crippen molar-refractivity contribution >= 4 is 5.91 Å². The standard InChI is InChI=1S/C15H28N2O/c1-3-14-8-4-5-10-17(14)15(18)12-16-9-6-7-13(2)11-16/h13-14H,3-12H2,1-2H3. The van der Waals surface area contributed by atoms with Crippen LogP contribution in [0.2, 0.25) is 0 Å². The van der Waals surface area contributed by atoms with Crippen molar-refractivity contribution in [2.45, 2.75) is 58.4 Å². The molecule has 0 radical (unpaired) electrons. The summed E-state index contributed by atoms with van der Waals surface area (Å²) < 4.78 is 0. The van der Waals surface area contributed by atoms with Crippen LogP contribution in [0.5, 0.6) is 0 Å². The summed E-state index contributed by atoms with van der Waals surface area (Å²) in [6.45, 7) is 8.37. The molecule has 0 N–H and O–H groups in total. The molecule has 2 heterocycles. The lowest BCUT2D eigenvalue weighted by molar-refractivity contribution is -0.136. The minimum atomic E-state index is 0.371. The van der Waals surface area contributed by atoms with Crippen molar-refractivity contribution in [2.75, 3.05) is 26.2 Å². The van der Waals surface area contributed by atoms with Gasteiger partial charge in [0.15, 0.2) is 0 Å². The Balaban J connectivity index is 1.85. The topological polar surface area (TPSA) is 23.6 Å². The molecule has 2 aliphatic rings. The van der Waals surface area contributed by atoms with Crippen molar-refractivity contribution in [3.8, 4) is 0 Å². The van der Waals surface area contributed by atoms with Gasteiger partial charge in [0.1, 0.15) is 0 Å². The zero-order valence-corrected chi connectivity index (χ0v) is 12.0. The van der Waals surface area contributed by atoms with Crippen LogP contribution in [0.1, 0.15) is 52.4 Å². The van der Waals surface area contributed by atoms with E-state index in [1.807, 2.05) is 0 Å². The monoisotopic (exact) mass is 252 g/mol. The third kappa shape index (κ3) is 3.47. The Kier molecular flexibility index (Phi) is 5.04. The van der Waals surface area contributed by atoms with Crippen molar-refractivity contribution in [2.24, 2.45) is 5.92 Å². The van der Waals surface area contributed by atoms with Crippen molar-refractivity contribution in [3.05, 3.63) is 0 Å². The Bertz CT molecular complexity index is 280. The summed E-state index contributed by atoms with van der Waals surface area (Å²) >= 11 is 0. The van der Waals surface area contributed by atoms with Crippen LogP contribution in [0.3, 0.4) is 0 Å². The average molecular weight is 252 g/mol. The molecule has 0 aliphatic carbocycles. The molecule has 2 fully saturated rings. The van der Waals surface area contributed by atoms with Gasteiger partial charge in [-0.15, -0.1) is 0 Å². The molecule has 0 spiro atoms. The number of rotatable bonds is 3. The zero-order chi connectivity index (χ0) is 13.0. The molecule has 0 bridgehead atoms. The minimum absolute atomic E-state index is 0.371. The van der Waals surface area contributed by atoms with Crippen molar-refractivity contribution in [3.63, 3.8) is 0 Å². The molecule has 0 aromatic heterocycles. The maximum absolute atomic E-state index is 12.4. The molecule has 2 unspecified atom stereocenters. The number of likely N-dealkylation sites (tertiary alicyclic amines) is 2. The van der Waals surface area contributed by atoms with Crippen molar-refractivity contribution < 1.29 is 4.79 Å². The highest BCUT2D eigenvalue weighted by atomic mass is 16.2. The molecule has 2 rings (SSSR count). The Morgan fingerprint density at radius 2 is 2.00 bits per heavy atom. The van der Waals surface area contributed by atoms with E-state index in [4.69, 9.17) is 0 Å².